The molecule has 2 N–H and O–H groups in total. The maximum absolute atomic E-state index is 6.76. The van der Waals surface area contributed by atoms with E-state index in [9.17, 15) is 0 Å². The molecule has 1 heterocycles. The van der Waals surface area contributed by atoms with E-state index < -0.39 is 0 Å². The van der Waals surface area contributed by atoms with Gasteiger partial charge in [0.25, 0.3) is 0 Å². The van der Waals surface area contributed by atoms with E-state index in [-0.39, 0.29) is 5.54 Å². The average molecular weight is 252 g/mol. The van der Waals surface area contributed by atoms with Crippen molar-refractivity contribution in [1.82, 2.24) is 4.98 Å². The average Bonchev–Trinajstić information content (AvgIpc) is 2.68. The molecule has 1 aromatic heterocycles. The molecule has 0 aliphatic heterocycles. The minimum atomic E-state index is -0.0155. The Kier molecular flexibility index (Phi) is 3.88. The largest absolute Gasteiger partial charge is 0.325 e. The summed E-state index contributed by atoms with van der Waals surface area (Å²) in [6, 6.07) is 0. The second-order valence-corrected chi connectivity index (χ2v) is 7.09. The third-order valence-corrected chi connectivity index (χ3v) is 5.01. The normalized spacial score (nSPS) is 34.2. The van der Waals surface area contributed by atoms with Crippen molar-refractivity contribution in [1.29, 1.82) is 0 Å². The molecule has 0 amide bonds. The topological polar surface area (TPSA) is 38.9 Å². The van der Waals surface area contributed by atoms with Crippen molar-refractivity contribution in [3.05, 3.63) is 16.6 Å². The van der Waals surface area contributed by atoms with Gasteiger partial charge >= 0.3 is 0 Å². The minimum absolute atomic E-state index is 0.0155. The summed E-state index contributed by atoms with van der Waals surface area (Å²) in [6.45, 7) is 6.97. The summed E-state index contributed by atoms with van der Waals surface area (Å²) in [6.07, 6.45) is 6.77. The Labute approximate surface area is 109 Å². The van der Waals surface area contributed by atoms with Crippen LogP contribution in [0.5, 0.6) is 0 Å². The maximum atomic E-state index is 6.76. The predicted molar refractivity (Wildman–Crippen MR) is 74.1 cm³/mol. The molecule has 1 aliphatic carbocycles. The Morgan fingerprint density at radius 1 is 1.53 bits per heavy atom. The fourth-order valence-electron chi connectivity index (χ4n) is 3.51. The molecule has 0 aromatic carbocycles. The van der Waals surface area contributed by atoms with Gasteiger partial charge in [0.1, 0.15) is 0 Å². The van der Waals surface area contributed by atoms with Gasteiger partial charge in [-0.05, 0) is 30.6 Å². The number of aromatic nitrogens is 1. The zero-order valence-corrected chi connectivity index (χ0v) is 12.0. The van der Waals surface area contributed by atoms with E-state index >= 15 is 0 Å². The Hall–Kier alpha value is -0.410. The molecule has 1 aliphatic rings. The monoisotopic (exact) mass is 252 g/mol. The summed E-state index contributed by atoms with van der Waals surface area (Å²) >= 11 is 1.74. The van der Waals surface area contributed by atoms with Crippen LogP contribution in [0.25, 0.3) is 0 Å². The second-order valence-electron chi connectivity index (χ2n) is 6.11. The smallest absolute Gasteiger partial charge is 0.0794 e. The van der Waals surface area contributed by atoms with E-state index in [0.29, 0.717) is 11.8 Å². The highest BCUT2D eigenvalue weighted by Crippen LogP contribution is 2.41. The molecule has 3 atom stereocenters. The van der Waals surface area contributed by atoms with Gasteiger partial charge in [0.05, 0.1) is 5.51 Å². The number of hydrogen-bond donors (Lipinski definition) is 1. The summed E-state index contributed by atoms with van der Waals surface area (Å²) in [5.41, 5.74) is 8.66. The lowest BCUT2D eigenvalue weighted by Gasteiger charge is -2.46. The Balaban J connectivity index is 2.16. The van der Waals surface area contributed by atoms with Gasteiger partial charge in [0, 0.05) is 23.0 Å². The highest BCUT2D eigenvalue weighted by Gasteiger charge is 2.41. The molecular weight excluding hydrogens is 228 g/mol. The van der Waals surface area contributed by atoms with E-state index in [1.54, 1.807) is 11.3 Å². The first-order chi connectivity index (χ1) is 8.01. The summed E-state index contributed by atoms with van der Waals surface area (Å²) in [5.74, 6) is 2.10. The lowest BCUT2D eigenvalue weighted by Crippen LogP contribution is -2.54. The van der Waals surface area contributed by atoms with E-state index in [1.807, 2.05) is 11.7 Å². The zero-order valence-electron chi connectivity index (χ0n) is 11.1. The van der Waals surface area contributed by atoms with Crippen LogP contribution in [0.2, 0.25) is 0 Å². The number of hydrogen-bond acceptors (Lipinski definition) is 3. The van der Waals surface area contributed by atoms with Crippen molar-refractivity contribution in [2.45, 2.75) is 52.0 Å². The minimum Gasteiger partial charge on any atom is -0.325 e. The van der Waals surface area contributed by atoms with Crippen LogP contribution in [0.3, 0.4) is 0 Å². The van der Waals surface area contributed by atoms with Gasteiger partial charge in [-0.25, -0.2) is 0 Å². The zero-order chi connectivity index (χ0) is 12.5. The molecule has 96 valence electrons. The lowest BCUT2D eigenvalue weighted by molar-refractivity contribution is 0.110. The third-order valence-electron chi connectivity index (χ3n) is 4.23. The van der Waals surface area contributed by atoms with E-state index in [0.717, 1.165) is 18.8 Å². The molecule has 1 fully saturated rings. The lowest BCUT2D eigenvalue weighted by atomic mass is 9.64. The van der Waals surface area contributed by atoms with Gasteiger partial charge in [0.15, 0.2) is 0 Å². The van der Waals surface area contributed by atoms with Crippen molar-refractivity contribution in [2.75, 3.05) is 0 Å². The first-order valence-corrected chi connectivity index (χ1v) is 7.55. The molecule has 1 saturated carbocycles. The third kappa shape index (κ3) is 2.89. The maximum Gasteiger partial charge on any atom is 0.0794 e. The van der Waals surface area contributed by atoms with Crippen LogP contribution >= 0.6 is 11.3 Å². The van der Waals surface area contributed by atoms with Gasteiger partial charge in [-0.15, -0.1) is 11.3 Å². The number of rotatable bonds is 3. The van der Waals surface area contributed by atoms with Gasteiger partial charge in [0.2, 0.25) is 0 Å². The highest BCUT2D eigenvalue weighted by molar-refractivity contribution is 7.09. The predicted octanol–water partition coefficient (Wildman–Crippen LogP) is 3.48. The highest BCUT2D eigenvalue weighted by atomic mass is 32.1. The molecule has 2 rings (SSSR count). The molecule has 0 saturated heterocycles. The van der Waals surface area contributed by atoms with Crippen molar-refractivity contribution in [3.63, 3.8) is 0 Å². The van der Waals surface area contributed by atoms with E-state index in [2.05, 4.69) is 25.8 Å². The van der Waals surface area contributed by atoms with E-state index in [4.69, 9.17) is 5.73 Å². The summed E-state index contributed by atoms with van der Waals surface area (Å²) in [5, 5.41) is 0. The van der Waals surface area contributed by atoms with Crippen LogP contribution in [0.15, 0.2) is 11.7 Å². The van der Waals surface area contributed by atoms with Crippen LogP contribution in [0.1, 0.15) is 44.9 Å². The molecule has 17 heavy (non-hydrogen) atoms. The molecule has 3 heteroatoms. The Bertz CT molecular complexity index is 347. The van der Waals surface area contributed by atoms with Crippen molar-refractivity contribution < 1.29 is 0 Å². The van der Waals surface area contributed by atoms with Crippen LogP contribution in [-0.4, -0.2) is 10.5 Å². The van der Waals surface area contributed by atoms with Crippen LogP contribution < -0.4 is 5.73 Å². The van der Waals surface area contributed by atoms with Crippen molar-refractivity contribution in [2.24, 2.45) is 23.5 Å². The summed E-state index contributed by atoms with van der Waals surface area (Å²) < 4.78 is 0. The fourth-order valence-corrected chi connectivity index (χ4v) is 4.24. The molecule has 0 spiro atoms. The van der Waals surface area contributed by atoms with Crippen molar-refractivity contribution in [3.8, 4) is 0 Å². The number of nitrogens with zero attached hydrogens (tertiary/aromatic N) is 1. The molecule has 2 nitrogen and oxygen atoms in total. The van der Waals surface area contributed by atoms with Crippen LogP contribution in [-0.2, 0) is 6.42 Å². The van der Waals surface area contributed by atoms with Crippen LogP contribution in [0.4, 0.5) is 0 Å². The standard InChI is InChI=1S/C14H24N2S/c1-10(2)13-5-4-11(3)6-14(13,15)7-12-8-16-9-17-12/h8-11,13H,4-7,15H2,1-3H3. The summed E-state index contributed by atoms with van der Waals surface area (Å²) in [7, 11) is 0. The second kappa shape index (κ2) is 5.07. The Morgan fingerprint density at radius 3 is 2.88 bits per heavy atom. The molecule has 0 radical (unpaired) electrons. The number of thiazole rings is 1. The molecule has 1 aromatic rings. The number of nitrogens with two attached hydrogens (primary N) is 1. The quantitative estimate of drug-likeness (QED) is 0.894. The molecular formula is C14H24N2S. The van der Waals surface area contributed by atoms with E-state index in [1.165, 1.54) is 17.7 Å². The molecule has 0 bridgehead atoms. The van der Waals surface area contributed by atoms with Crippen molar-refractivity contribution >= 4 is 11.3 Å². The van der Waals surface area contributed by atoms with Crippen LogP contribution in [0, 0.1) is 17.8 Å². The van der Waals surface area contributed by atoms with Gasteiger partial charge in [-0.2, -0.15) is 0 Å². The van der Waals surface area contributed by atoms with Gasteiger partial charge in [-0.3, -0.25) is 4.98 Å². The molecule has 3 unspecified atom stereocenters. The Morgan fingerprint density at radius 2 is 2.29 bits per heavy atom. The first-order valence-electron chi connectivity index (χ1n) is 6.67. The first kappa shape index (κ1) is 13.0. The van der Waals surface area contributed by atoms with Gasteiger partial charge < -0.3 is 5.73 Å². The SMILES string of the molecule is CC1CCC(C(C)C)C(N)(Cc2cncs2)C1. The van der Waals surface area contributed by atoms with Gasteiger partial charge in [-0.1, -0.05) is 27.2 Å². The summed E-state index contributed by atoms with van der Waals surface area (Å²) in [4.78, 5) is 5.51. The fraction of sp³-hybridized carbons (Fsp3) is 0.786.